The Morgan fingerprint density at radius 1 is 1.40 bits per heavy atom. The van der Waals surface area contributed by atoms with E-state index < -0.39 is 17.7 Å². The largest absolute Gasteiger partial charge is 0.460 e. The van der Waals surface area contributed by atoms with Crippen molar-refractivity contribution in [1.29, 1.82) is 0 Å². The lowest BCUT2D eigenvalue weighted by Gasteiger charge is -2.05. The Balaban J connectivity index is 2.86. The summed E-state index contributed by atoms with van der Waals surface area (Å²) in [5, 5.41) is 0. The zero-order valence-corrected chi connectivity index (χ0v) is 7.71. The average Bonchev–Trinajstić information content (AvgIpc) is 2.17. The minimum Gasteiger partial charge on any atom is -0.460 e. The zero-order chi connectivity index (χ0) is 11.5. The number of esters is 1. The lowest BCUT2D eigenvalue weighted by atomic mass is 10.3. The number of alkyl halides is 3. The minimum absolute atomic E-state index is 0.114. The summed E-state index contributed by atoms with van der Waals surface area (Å²) in [4.78, 5) is 17.5. The Hall–Kier alpha value is -1.66. The van der Waals surface area contributed by atoms with Crippen molar-refractivity contribution in [2.45, 2.75) is 13.1 Å². The first kappa shape index (κ1) is 11.4. The van der Waals surface area contributed by atoms with Crippen LogP contribution in [0.25, 0.3) is 0 Å². The van der Waals surface area contributed by atoms with Crippen molar-refractivity contribution >= 4 is 5.97 Å². The van der Waals surface area contributed by atoms with E-state index in [-0.39, 0.29) is 12.4 Å². The molecule has 1 aromatic heterocycles. The van der Waals surface area contributed by atoms with Crippen LogP contribution in [0.15, 0.2) is 12.4 Å². The molecule has 0 fully saturated rings. The Morgan fingerprint density at radius 2 is 1.93 bits per heavy atom. The van der Waals surface area contributed by atoms with E-state index in [1.165, 1.54) is 0 Å². The van der Waals surface area contributed by atoms with E-state index in [1.807, 2.05) is 0 Å². The predicted octanol–water partition coefficient (Wildman–Crippen LogP) is 1.67. The van der Waals surface area contributed by atoms with E-state index in [0.29, 0.717) is 12.4 Å². The molecule has 1 rings (SSSR count). The van der Waals surface area contributed by atoms with Crippen molar-refractivity contribution in [3.8, 4) is 0 Å². The molecule has 15 heavy (non-hydrogen) atoms. The molecule has 4 nitrogen and oxygen atoms in total. The minimum atomic E-state index is -4.51. The molecular weight excluding hydrogens is 213 g/mol. The topological polar surface area (TPSA) is 52.1 Å². The number of ether oxygens (including phenoxy) is 1. The van der Waals surface area contributed by atoms with Crippen LogP contribution in [0.1, 0.15) is 23.1 Å². The number of hydrogen-bond donors (Lipinski definition) is 0. The van der Waals surface area contributed by atoms with E-state index in [4.69, 9.17) is 0 Å². The maximum absolute atomic E-state index is 12.1. The Bertz CT molecular complexity index is 348. The summed E-state index contributed by atoms with van der Waals surface area (Å²) in [5.74, 6) is -1.23. The van der Waals surface area contributed by atoms with Crippen molar-refractivity contribution in [2.24, 2.45) is 0 Å². The monoisotopic (exact) mass is 220 g/mol. The van der Waals surface area contributed by atoms with E-state index in [9.17, 15) is 18.0 Å². The summed E-state index contributed by atoms with van der Waals surface area (Å²) >= 11 is 0. The summed E-state index contributed by atoms with van der Waals surface area (Å²) < 4.78 is 40.7. The summed E-state index contributed by atoms with van der Waals surface area (Å²) in [7, 11) is 0. The molecule has 0 bridgehead atoms. The van der Waals surface area contributed by atoms with Gasteiger partial charge in [-0.3, -0.25) is 0 Å². The second-order valence-corrected chi connectivity index (χ2v) is 2.51. The van der Waals surface area contributed by atoms with E-state index in [1.54, 1.807) is 6.92 Å². The van der Waals surface area contributed by atoms with E-state index >= 15 is 0 Å². The summed E-state index contributed by atoms with van der Waals surface area (Å²) in [6.07, 6.45) is -3.42. The average molecular weight is 220 g/mol. The van der Waals surface area contributed by atoms with Crippen LogP contribution in [0, 0.1) is 0 Å². The smallest absolute Gasteiger partial charge is 0.419 e. The molecule has 0 aromatic carbocycles. The zero-order valence-electron chi connectivity index (χ0n) is 7.71. The highest BCUT2D eigenvalue weighted by atomic mass is 19.4. The van der Waals surface area contributed by atoms with Crippen LogP contribution in [0.3, 0.4) is 0 Å². The Morgan fingerprint density at radius 3 is 2.33 bits per heavy atom. The van der Waals surface area contributed by atoms with Crippen LogP contribution in [0.4, 0.5) is 13.2 Å². The predicted molar refractivity (Wildman–Crippen MR) is 43.0 cm³/mol. The molecule has 0 unspecified atom stereocenters. The van der Waals surface area contributed by atoms with E-state index in [0.717, 1.165) is 0 Å². The Labute approximate surface area is 83.1 Å². The maximum atomic E-state index is 12.1. The van der Waals surface area contributed by atoms with Gasteiger partial charge < -0.3 is 4.74 Å². The molecule has 1 heterocycles. The number of carbonyl (C=O) groups is 1. The lowest BCUT2D eigenvalue weighted by molar-refractivity contribution is -0.138. The molecule has 82 valence electrons. The number of rotatable bonds is 2. The fourth-order valence-corrected chi connectivity index (χ4v) is 0.775. The number of carbonyl (C=O) groups excluding carboxylic acids is 1. The van der Waals surface area contributed by atoms with Crippen molar-refractivity contribution in [3.63, 3.8) is 0 Å². The van der Waals surface area contributed by atoms with Crippen LogP contribution in [0.5, 0.6) is 0 Å². The van der Waals surface area contributed by atoms with Gasteiger partial charge in [0.1, 0.15) is 0 Å². The van der Waals surface area contributed by atoms with Crippen molar-refractivity contribution < 1.29 is 22.7 Å². The molecule has 0 atom stereocenters. The maximum Gasteiger partial charge on any atom is 0.419 e. The van der Waals surface area contributed by atoms with Crippen LogP contribution in [-0.4, -0.2) is 22.5 Å². The highest BCUT2D eigenvalue weighted by Crippen LogP contribution is 2.27. The molecule has 0 aliphatic carbocycles. The fraction of sp³-hybridized carbons (Fsp3) is 0.375. The van der Waals surface area contributed by atoms with Crippen LogP contribution in [0.2, 0.25) is 0 Å². The molecule has 1 aromatic rings. The molecule has 0 saturated carbocycles. The molecule has 7 heteroatoms. The molecule has 0 spiro atoms. The molecule has 0 radical (unpaired) electrons. The number of aromatic nitrogens is 2. The Kier molecular flexibility index (Phi) is 3.23. The molecule has 0 aliphatic rings. The number of hydrogen-bond acceptors (Lipinski definition) is 4. The van der Waals surface area contributed by atoms with Crippen molar-refractivity contribution in [3.05, 3.63) is 23.8 Å². The lowest BCUT2D eigenvalue weighted by Crippen LogP contribution is -2.12. The third-order valence-electron chi connectivity index (χ3n) is 1.44. The normalized spacial score (nSPS) is 11.2. The van der Waals surface area contributed by atoms with Crippen molar-refractivity contribution in [2.75, 3.05) is 6.61 Å². The first-order valence-corrected chi connectivity index (χ1v) is 4.01. The highest BCUT2D eigenvalue weighted by Gasteiger charge is 2.31. The van der Waals surface area contributed by atoms with Gasteiger partial charge in [-0.2, -0.15) is 13.2 Å². The van der Waals surface area contributed by atoms with Gasteiger partial charge in [0.25, 0.3) is 0 Å². The van der Waals surface area contributed by atoms with Crippen LogP contribution < -0.4 is 0 Å². The summed E-state index contributed by atoms with van der Waals surface area (Å²) in [6.45, 7) is 1.69. The van der Waals surface area contributed by atoms with Gasteiger partial charge in [0.2, 0.25) is 5.82 Å². The van der Waals surface area contributed by atoms with Gasteiger partial charge in [-0.15, -0.1) is 0 Å². The molecule has 0 amide bonds. The number of nitrogens with zero attached hydrogens (tertiary/aromatic N) is 2. The van der Waals surface area contributed by atoms with Gasteiger partial charge in [0.05, 0.1) is 12.2 Å². The van der Waals surface area contributed by atoms with Gasteiger partial charge in [-0.05, 0) is 6.92 Å². The third-order valence-corrected chi connectivity index (χ3v) is 1.44. The quantitative estimate of drug-likeness (QED) is 0.711. The van der Waals surface area contributed by atoms with Crippen LogP contribution in [-0.2, 0) is 10.9 Å². The molecule has 0 aliphatic heterocycles. The van der Waals surface area contributed by atoms with Gasteiger partial charge in [-0.1, -0.05) is 0 Å². The van der Waals surface area contributed by atoms with Gasteiger partial charge in [-0.25, -0.2) is 14.8 Å². The van der Waals surface area contributed by atoms with Gasteiger partial charge in [0, 0.05) is 12.4 Å². The second kappa shape index (κ2) is 4.24. The molecular formula is C8H7F3N2O2. The first-order chi connectivity index (χ1) is 6.95. The van der Waals surface area contributed by atoms with Gasteiger partial charge in [0.15, 0.2) is 0 Å². The second-order valence-electron chi connectivity index (χ2n) is 2.51. The fourth-order valence-electron chi connectivity index (χ4n) is 0.775. The first-order valence-electron chi connectivity index (χ1n) is 4.01. The van der Waals surface area contributed by atoms with E-state index in [2.05, 4.69) is 14.7 Å². The third kappa shape index (κ3) is 2.90. The summed E-state index contributed by atoms with van der Waals surface area (Å²) in [6, 6.07) is 0. The standard InChI is InChI=1S/C8H7F3N2O2/c1-2-15-7(14)6-12-3-5(4-13-6)8(9,10)11/h3-4H,2H2,1H3. The highest BCUT2D eigenvalue weighted by molar-refractivity contribution is 5.84. The number of halogens is 3. The summed E-state index contributed by atoms with van der Waals surface area (Å²) in [5.41, 5.74) is -1.00. The van der Waals surface area contributed by atoms with Crippen LogP contribution >= 0.6 is 0 Å². The molecule has 0 N–H and O–H groups in total. The SMILES string of the molecule is CCOC(=O)c1ncc(C(F)(F)F)cn1. The molecule has 0 saturated heterocycles. The van der Waals surface area contributed by atoms with Gasteiger partial charge >= 0.3 is 12.1 Å². The van der Waals surface area contributed by atoms with Crippen molar-refractivity contribution in [1.82, 2.24) is 9.97 Å².